The van der Waals surface area contributed by atoms with Gasteiger partial charge in [-0.25, -0.2) is 4.68 Å². The van der Waals surface area contributed by atoms with Crippen molar-refractivity contribution < 1.29 is 14.3 Å². The second-order valence-corrected chi connectivity index (χ2v) is 7.58. The van der Waals surface area contributed by atoms with Crippen LogP contribution in [0.25, 0.3) is 10.8 Å². The van der Waals surface area contributed by atoms with Crippen LogP contribution >= 0.6 is 0 Å². The van der Waals surface area contributed by atoms with E-state index in [-0.39, 0.29) is 29.3 Å². The Hall–Kier alpha value is -3.35. The molecule has 2 aromatic carbocycles. The van der Waals surface area contributed by atoms with Crippen LogP contribution < -0.4 is 15.0 Å². The molecule has 1 aliphatic rings. The molecule has 0 spiro atoms. The molecule has 0 fully saturated rings. The Labute approximate surface area is 174 Å². The van der Waals surface area contributed by atoms with Crippen LogP contribution in [-0.4, -0.2) is 46.4 Å². The number of carbonyl (C=O) groups excluding carboxylic acids is 1. The number of ether oxygens (including phenoxy) is 2. The maximum atomic E-state index is 13.4. The Balaban J connectivity index is 1.65. The van der Waals surface area contributed by atoms with Crippen molar-refractivity contribution in [2.75, 3.05) is 19.7 Å². The third-order valence-electron chi connectivity index (χ3n) is 5.18. The molecule has 0 radical (unpaired) electrons. The SMILES string of the molecule is CCN(C[C@@H]1COc2ccccc2O1)C(=O)c1nn(C(C)C)c(=O)c2ccccc12. The van der Waals surface area contributed by atoms with E-state index >= 15 is 0 Å². The van der Waals surface area contributed by atoms with Crippen molar-refractivity contribution in [1.29, 1.82) is 0 Å². The summed E-state index contributed by atoms with van der Waals surface area (Å²) < 4.78 is 13.2. The summed E-state index contributed by atoms with van der Waals surface area (Å²) >= 11 is 0. The lowest BCUT2D eigenvalue weighted by Gasteiger charge is -2.31. The molecular weight excluding hydrogens is 382 g/mol. The van der Waals surface area contributed by atoms with Crippen LogP contribution in [0.3, 0.4) is 0 Å². The van der Waals surface area contributed by atoms with Crippen LogP contribution in [-0.2, 0) is 0 Å². The molecule has 1 amide bonds. The monoisotopic (exact) mass is 407 g/mol. The lowest BCUT2D eigenvalue weighted by molar-refractivity contribution is 0.0471. The van der Waals surface area contributed by atoms with Crippen LogP contribution in [0.15, 0.2) is 53.3 Å². The topological polar surface area (TPSA) is 73.7 Å². The first-order valence-electron chi connectivity index (χ1n) is 10.2. The van der Waals surface area contributed by atoms with Gasteiger partial charge in [-0.05, 0) is 39.0 Å². The van der Waals surface area contributed by atoms with E-state index in [1.54, 1.807) is 23.1 Å². The van der Waals surface area contributed by atoms with Gasteiger partial charge in [0.2, 0.25) is 0 Å². The number of hydrogen-bond acceptors (Lipinski definition) is 5. The van der Waals surface area contributed by atoms with Crippen LogP contribution in [0.1, 0.15) is 37.3 Å². The molecule has 0 saturated carbocycles. The smallest absolute Gasteiger partial charge is 0.275 e. The van der Waals surface area contributed by atoms with Gasteiger partial charge in [0, 0.05) is 11.9 Å². The van der Waals surface area contributed by atoms with Gasteiger partial charge in [-0.3, -0.25) is 9.59 Å². The lowest BCUT2D eigenvalue weighted by Crippen LogP contribution is -2.44. The Morgan fingerprint density at radius 1 is 1.13 bits per heavy atom. The van der Waals surface area contributed by atoms with Gasteiger partial charge < -0.3 is 14.4 Å². The third-order valence-corrected chi connectivity index (χ3v) is 5.18. The molecule has 0 N–H and O–H groups in total. The fraction of sp³-hybridized carbons (Fsp3) is 0.348. The lowest BCUT2D eigenvalue weighted by atomic mass is 10.1. The van der Waals surface area contributed by atoms with Crippen molar-refractivity contribution in [2.45, 2.75) is 32.9 Å². The van der Waals surface area contributed by atoms with Gasteiger partial charge in [0.1, 0.15) is 6.61 Å². The second-order valence-electron chi connectivity index (χ2n) is 7.58. The molecule has 7 nitrogen and oxygen atoms in total. The molecule has 3 aromatic rings. The summed E-state index contributed by atoms with van der Waals surface area (Å²) in [5.74, 6) is 1.15. The van der Waals surface area contributed by atoms with Gasteiger partial charge >= 0.3 is 0 Å². The van der Waals surface area contributed by atoms with Crippen LogP contribution in [0.5, 0.6) is 11.5 Å². The second kappa shape index (κ2) is 8.18. The zero-order valence-electron chi connectivity index (χ0n) is 17.4. The molecule has 1 atom stereocenters. The molecule has 4 rings (SSSR count). The predicted molar refractivity (Wildman–Crippen MR) is 114 cm³/mol. The summed E-state index contributed by atoms with van der Waals surface area (Å²) in [6, 6.07) is 14.5. The number of amides is 1. The van der Waals surface area contributed by atoms with Crippen molar-refractivity contribution in [1.82, 2.24) is 14.7 Å². The summed E-state index contributed by atoms with van der Waals surface area (Å²) in [7, 11) is 0. The van der Waals surface area contributed by atoms with Crippen LogP contribution in [0.2, 0.25) is 0 Å². The molecule has 1 aliphatic heterocycles. The summed E-state index contributed by atoms with van der Waals surface area (Å²) in [6.45, 7) is 6.87. The number of fused-ring (bicyclic) bond motifs is 2. The van der Waals surface area contributed by atoms with Gasteiger partial charge in [0.15, 0.2) is 23.3 Å². The van der Waals surface area contributed by atoms with Crippen molar-refractivity contribution in [2.24, 2.45) is 0 Å². The number of para-hydroxylation sites is 2. The maximum Gasteiger partial charge on any atom is 0.275 e. The van der Waals surface area contributed by atoms with Gasteiger partial charge in [0.05, 0.1) is 18.0 Å². The summed E-state index contributed by atoms with van der Waals surface area (Å²) in [5, 5.41) is 5.49. The Morgan fingerprint density at radius 2 is 1.80 bits per heavy atom. The first-order valence-corrected chi connectivity index (χ1v) is 10.2. The van der Waals surface area contributed by atoms with Gasteiger partial charge in [-0.2, -0.15) is 5.10 Å². The maximum absolute atomic E-state index is 13.4. The highest BCUT2D eigenvalue weighted by Crippen LogP contribution is 2.31. The molecule has 0 aliphatic carbocycles. The number of carbonyl (C=O) groups is 1. The van der Waals surface area contributed by atoms with Crippen LogP contribution in [0, 0.1) is 0 Å². The zero-order chi connectivity index (χ0) is 21.3. The Morgan fingerprint density at radius 3 is 2.50 bits per heavy atom. The Bertz CT molecular complexity index is 1140. The summed E-state index contributed by atoms with van der Waals surface area (Å²) in [5.41, 5.74) is 0.0821. The van der Waals surface area contributed by atoms with E-state index in [1.165, 1.54) is 4.68 Å². The van der Waals surface area contributed by atoms with Crippen molar-refractivity contribution in [3.05, 3.63) is 64.6 Å². The number of benzene rings is 2. The molecule has 1 aromatic heterocycles. The van der Waals surface area contributed by atoms with Crippen LogP contribution in [0.4, 0.5) is 0 Å². The molecular formula is C23H25N3O4. The van der Waals surface area contributed by atoms with Gasteiger partial charge in [-0.1, -0.05) is 30.3 Å². The number of rotatable bonds is 5. The molecule has 2 heterocycles. The Kier molecular flexibility index (Phi) is 5.44. The number of hydrogen-bond donors (Lipinski definition) is 0. The minimum atomic E-state index is -0.286. The highest BCUT2D eigenvalue weighted by molar-refractivity contribution is 6.04. The number of nitrogens with zero attached hydrogens (tertiary/aromatic N) is 3. The van der Waals surface area contributed by atoms with E-state index in [1.807, 2.05) is 51.1 Å². The van der Waals surface area contributed by atoms with E-state index in [0.29, 0.717) is 42.0 Å². The van der Waals surface area contributed by atoms with Crippen molar-refractivity contribution >= 4 is 16.7 Å². The first-order chi connectivity index (χ1) is 14.5. The first kappa shape index (κ1) is 19.9. The van der Waals surface area contributed by atoms with E-state index in [4.69, 9.17) is 9.47 Å². The summed E-state index contributed by atoms with van der Waals surface area (Å²) in [6.07, 6.45) is -0.286. The normalized spacial score (nSPS) is 15.4. The van der Waals surface area contributed by atoms with E-state index in [9.17, 15) is 9.59 Å². The highest BCUT2D eigenvalue weighted by atomic mass is 16.6. The fourth-order valence-corrected chi connectivity index (χ4v) is 3.62. The minimum Gasteiger partial charge on any atom is -0.486 e. The van der Waals surface area contributed by atoms with Gasteiger partial charge in [-0.15, -0.1) is 0 Å². The number of aromatic nitrogens is 2. The van der Waals surface area contributed by atoms with E-state index in [2.05, 4.69) is 5.10 Å². The number of likely N-dealkylation sites (N-methyl/N-ethyl adjacent to an activating group) is 1. The molecule has 30 heavy (non-hydrogen) atoms. The van der Waals surface area contributed by atoms with Crippen molar-refractivity contribution in [3.63, 3.8) is 0 Å². The molecule has 0 saturated heterocycles. The highest BCUT2D eigenvalue weighted by Gasteiger charge is 2.27. The summed E-state index contributed by atoms with van der Waals surface area (Å²) in [4.78, 5) is 27.9. The average molecular weight is 407 g/mol. The van der Waals surface area contributed by atoms with Gasteiger partial charge in [0.25, 0.3) is 11.5 Å². The molecule has 156 valence electrons. The standard InChI is InChI=1S/C23H25N3O4/c1-4-25(13-16-14-29-19-11-7-8-12-20(19)30-16)23(28)21-17-9-5-6-10-18(17)22(27)26(24-21)15(2)3/h5-12,15-16H,4,13-14H2,1-3H3/t16-/m1/s1. The average Bonchev–Trinajstić information content (AvgIpc) is 2.77. The quantitative estimate of drug-likeness (QED) is 0.649. The molecule has 0 bridgehead atoms. The van der Waals surface area contributed by atoms with E-state index < -0.39 is 0 Å². The van der Waals surface area contributed by atoms with E-state index in [0.717, 1.165) is 0 Å². The van der Waals surface area contributed by atoms with Crippen molar-refractivity contribution in [3.8, 4) is 11.5 Å². The minimum absolute atomic E-state index is 0.157. The molecule has 0 unspecified atom stereocenters. The third kappa shape index (κ3) is 3.63. The predicted octanol–water partition coefficient (Wildman–Crippen LogP) is 3.28. The molecule has 7 heteroatoms. The largest absolute Gasteiger partial charge is 0.486 e. The zero-order valence-corrected chi connectivity index (χ0v) is 17.4. The fourth-order valence-electron chi connectivity index (χ4n) is 3.62.